The Balaban J connectivity index is 2.10. The molecule has 8 heteroatoms. The van der Waals surface area contributed by atoms with Crippen molar-refractivity contribution < 1.29 is 19.4 Å². The van der Waals surface area contributed by atoms with E-state index in [4.69, 9.17) is 27.9 Å². The lowest BCUT2D eigenvalue weighted by Crippen LogP contribution is -2.13. The lowest BCUT2D eigenvalue weighted by atomic mass is 9.98. The predicted octanol–water partition coefficient (Wildman–Crippen LogP) is 5.31. The summed E-state index contributed by atoms with van der Waals surface area (Å²) >= 11 is 12.4. The number of hydrogen-bond acceptors (Lipinski definition) is 4. The van der Waals surface area contributed by atoms with Gasteiger partial charge in [0.2, 0.25) is 0 Å². The first-order valence-electron chi connectivity index (χ1n) is 9.05. The van der Waals surface area contributed by atoms with Crippen LogP contribution >= 0.6 is 23.2 Å². The van der Waals surface area contributed by atoms with E-state index in [0.717, 1.165) is 21.9 Å². The van der Waals surface area contributed by atoms with Crippen LogP contribution in [0.4, 0.5) is 0 Å². The number of carboxylic acids is 1. The van der Waals surface area contributed by atoms with Crippen molar-refractivity contribution in [3.63, 3.8) is 0 Å². The van der Waals surface area contributed by atoms with Crippen molar-refractivity contribution in [1.82, 2.24) is 9.55 Å². The summed E-state index contributed by atoms with van der Waals surface area (Å²) in [6, 6.07) is 12.5. The molecule has 0 atom stereocenters. The van der Waals surface area contributed by atoms with E-state index >= 15 is 0 Å². The first-order valence-corrected chi connectivity index (χ1v) is 9.81. The van der Waals surface area contributed by atoms with Gasteiger partial charge in [0, 0.05) is 45.0 Å². The number of fused-ring (bicyclic) bond motifs is 2. The minimum absolute atomic E-state index is 0.0817. The Hall–Kier alpha value is -3.09. The van der Waals surface area contributed by atoms with Gasteiger partial charge >= 0.3 is 11.9 Å². The van der Waals surface area contributed by atoms with Gasteiger partial charge in [-0.15, -0.1) is 0 Å². The molecule has 0 fully saturated rings. The van der Waals surface area contributed by atoms with Crippen molar-refractivity contribution in [2.75, 3.05) is 0 Å². The fourth-order valence-corrected chi connectivity index (χ4v) is 3.99. The zero-order chi connectivity index (χ0) is 21.4. The van der Waals surface area contributed by atoms with E-state index < -0.39 is 11.9 Å². The number of pyridine rings is 1. The fraction of sp³-hybridized carbons (Fsp3) is 0.136. The van der Waals surface area contributed by atoms with Crippen molar-refractivity contribution in [3.05, 3.63) is 64.4 Å². The number of benzene rings is 2. The van der Waals surface area contributed by atoms with Gasteiger partial charge in [-0.05, 0) is 42.0 Å². The normalized spacial score (nSPS) is 11.2. The molecule has 30 heavy (non-hydrogen) atoms. The van der Waals surface area contributed by atoms with Crippen LogP contribution in [0.5, 0.6) is 0 Å². The molecule has 2 aromatic heterocycles. The van der Waals surface area contributed by atoms with Crippen LogP contribution in [0.1, 0.15) is 12.6 Å². The second-order valence-corrected chi connectivity index (χ2v) is 7.64. The molecule has 4 aromatic rings. The Bertz CT molecular complexity index is 1310. The quantitative estimate of drug-likeness (QED) is 0.423. The molecule has 1 N–H and O–H groups in total. The highest BCUT2D eigenvalue weighted by Crippen LogP contribution is 2.40. The Morgan fingerprint density at radius 2 is 1.80 bits per heavy atom. The van der Waals surface area contributed by atoms with Gasteiger partial charge < -0.3 is 14.4 Å². The van der Waals surface area contributed by atoms with Gasteiger partial charge in [-0.1, -0.05) is 29.3 Å². The maximum atomic E-state index is 11.6. The van der Waals surface area contributed by atoms with Gasteiger partial charge in [0.15, 0.2) is 0 Å². The summed E-state index contributed by atoms with van der Waals surface area (Å²) in [6.07, 6.45) is 1.66. The monoisotopic (exact) mass is 442 g/mol. The van der Waals surface area contributed by atoms with Crippen LogP contribution in [0, 0.1) is 0 Å². The summed E-state index contributed by atoms with van der Waals surface area (Å²) in [5.74, 6) is -1.47. The molecule has 0 spiro atoms. The molecule has 0 saturated carbocycles. The number of ether oxygens (including phenoxy) is 1. The number of carbonyl (C=O) groups is 2. The number of esters is 1. The smallest absolute Gasteiger partial charge is 0.323 e. The van der Waals surface area contributed by atoms with Crippen LogP contribution < -0.4 is 0 Å². The van der Waals surface area contributed by atoms with Crippen molar-refractivity contribution in [3.8, 4) is 11.1 Å². The van der Waals surface area contributed by atoms with Gasteiger partial charge in [-0.25, -0.2) is 0 Å². The minimum atomic E-state index is -1.01. The maximum Gasteiger partial charge on any atom is 0.323 e. The average Bonchev–Trinajstić information content (AvgIpc) is 2.97. The molecule has 2 aromatic carbocycles. The van der Waals surface area contributed by atoms with Gasteiger partial charge in [0.05, 0.1) is 11.2 Å². The summed E-state index contributed by atoms with van der Waals surface area (Å²) in [5, 5.41) is 12.1. The van der Waals surface area contributed by atoms with Crippen molar-refractivity contribution in [2.45, 2.75) is 20.1 Å². The molecule has 2 heterocycles. The standard InChI is InChI=1S/C22H16Cl2N2O4/c1-12(27)30-11-20-22(16-6-7-25-18-9-14(24)2-4-15(16)18)17-8-13(23)3-5-19(17)26(20)10-21(28)29/h2-9H,10-11H2,1H3,(H,28,29). The molecule has 0 bridgehead atoms. The van der Waals surface area contributed by atoms with Gasteiger partial charge in [-0.2, -0.15) is 0 Å². The number of nitrogens with zero attached hydrogens (tertiary/aromatic N) is 2. The fourth-order valence-electron chi connectivity index (χ4n) is 3.66. The molecule has 152 valence electrons. The Kier molecular flexibility index (Phi) is 5.37. The zero-order valence-corrected chi connectivity index (χ0v) is 17.4. The van der Waals surface area contributed by atoms with E-state index in [0.29, 0.717) is 26.8 Å². The third-order valence-corrected chi connectivity index (χ3v) is 5.28. The first kappa shape index (κ1) is 20.2. The van der Waals surface area contributed by atoms with Gasteiger partial charge in [0.1, 0.15) is 13.2 Å². The van der Waals surface area contributed by atoms with Crippen LogP contribution in [-0.2, 0) is 27.5 Å². The van der Waals surface area contributed by atoms with Crippen LogP contribution in [-0.4, -0.2) is 26.6 Å². The molecule has 0 amide bonds. The number of carboxylic acid groups (broad SMARTS) is 1. The molecule has 0 aliphatic rings. The van der Waals surface area contributed by atoms with E-state index in [1.165, 1.54) is 6.92 Å². The lowest BCUT2D eigenvalue weighted by Gasteiger charge is -2.12. The van der Waals surface area contributed by atoms with E-state index in [9.17, 15) is 14.7 Å². The van der Waals surface area contributed by atoms with Crippen LogP contribution in [0.3, 0.4) is 0 Å². The summed E-state index contributed by atoms with van der Waals surface area (Å²) in [7, 11) is 0. The Morgan fingerprint density at radius 3 is 2.53 bits per heavy atom. The van der Waals surface area contributed by atoms with E-state index in [1.807, 2.05) is 12.1 Å². The molecule has 0 radical (unpaired) electrons. The number of aromatic nitrogens is 2. The number of carbonyl (C=O) groups excluding carboxylic acids is 1. The molecule has 0 saturated heterocycles. The maximum absolute atomic E-state index is 11.6. The van der Waals surface area contributed by atoms with Gasteiger partial charge in [0.25, 0.3) is 0 Å². The van der Waals surface area contributed by atoms with E-state index in [2.05, 4.69) is 4.98 Å². The second-order valence-electron chi connectivity index (χ2n) is 6.76. The lowest BCUT2D eigenvalue weighted by molar-refractivity contribution is -0.142. The Morgan fingerprint density at radius 1 is 1.07 bits per heavy atom. The predicted molar refractivity (Wildman–Crippen MR) is 116 cm³/mol. The number of rotatable bonds is 5. The highest BCUT2D eigenvalue weighted by molar-refractivity contribution is 6.32. The van der Waals surface area contributed by atoms with Crippen molar-refractivity contribution in [1.29, 1.82) is 0 Å². The van der Waals surface area contributed by atoms with Crippen molar-refractivity contribution >= 4 is 56.9 Å². The van der Waals surface area contributed by atoms with Crippen LogP contribution in [0.25, 0.3) is 32.9 Å². The molecule has 0 aliphatic carbocycles. The summed E-state index contributed by atoms with van der Waals surface area (Å²) in [5.41, 5.74) is 3.49. The molecule has 0 unspecified atom stereocenters. The summed E-state index contributed by atoms with van der Waals surface area (Å²) in [6.45, 7) is 0.940. The average molecular weight is 443 g/mol. The van der Waals surface area contributed by atoms with Crippen LogP contribution in [0.15, 0.2) is 48.7 Å². The SMILES string of the molecule is CC(=O)OCc1c(-c2ccnc3cc(Cl)ccc23)c2cc(Cl)ccc2n1CC(=O)O. The summed E-state index contributed by atoms with van der Waals surface area (Å²) in [4.78, 5) is 27.5. The highest BCUT2D eigenvalue weighted by atomic mass is 35.5. The number of halogens is 2. The third kappa shape index (κ3) is 3.72. The second kappa shape index (κ2) is 7.97. The number of hydrogen-bond donors (Lipinski definition) is 1. The molecule has 0 aliphatic heterocycles. The topological polar surface area (TPSA) is 81.4 Å². The number of aliphatic carboxylic acids is 1. The van der Waals surface area contributed by atoms with E-state index in [-0.39, 0.29) is 13.2 Å². The van der Waals surface area contributed by atoms with Crippen LogP contribution in [0.2, 0.25) is 10.0 Å². The third-order valence-electron chi connectivity index (χ3n) is 4.81. The zero-order valence-electron chi connectivity index (χ0n) is 15.9. The Labute approximate surface area is 181 Å². The van der Waals surface area contributed by atoms with Gasteiger partial charge in [-0.3, -0.25) is 14.6 Å². The highest BCUT2D eigenvalue weighted by Gasteiger charge is 2.22. The molecular formula is C22H16Cl2N2O4. The first-order chi connectivity index (χ1) is 14.3. The molecule has 6 nitrogen and oxygen atoms in total. The van der Waals surface area contributed by atoms with E-state index in [1.54, 1.807) is 41.1 Å². The summed E-state index contributed by atoms with van der Waals surface area (Å²) < 4.78 is 6.91. The largest absolute Gasteiger partial charge is 0.480 e. The molecular weight excluding hydrogens is 427 g/mol. The molecule has 4 rings (SSSR count). The van der Waals surface area contributed by atoms with Crippen molar-refractivity contribution in [2.24, 2.45) is 0 Å². The minimum Gasteiger partial charge on any atom is -0.480 e.